The predicted molar refractivity (Wildman–Crippen MR) is 67.6 cm³/mol. The summed E-state index contributed by atoms with van der Waals surface area (Å²) in [6.07, 6.45) is 1.19. The summed E-state index contributed by atoms with van der Waals surface area (Å²) < 4.78 is 0. The molecule has 1 N–H and O–H groups in total. The van der Waals surface area contributed by atoms with Crippen LogP contribution in [-0.2, 0) is 0 Å². The van der Waals surface area contributed by atoms with E-state index in [9.17, 15) is 0 Å². The van der Waals surface area contributed by atoms with Crippen LogP contribution in [0, 0.1) is 17.2 Å². The Morgan fingerprint density at radius 1 is 1.41 bits per heavy atom. The van der Waals surface area contributed by atoms with Crippen LogP contribution in [0.2, 0.25) is 0 Å². The highest BCUT2D eigenvalue weighted by atomic mass is 15.0. The second-order valence-electron chi connectivity index (χ2n) is 4.65. The maximum Gasteiger partial charge on any atom is 0.128 e. The van der Waals surface area contributed by atoms with E-state index in [1.54, 1.807) is 0 Å². The second-order valence-corrected chi connectivity index (χ2v) is 4.65. The molecule has 0 amide bonds. The quantitative estimate of drug-likeness (QED) is 0.851. The SMILES string of the molecule is CC1CC1Nc1cc(C#N)c2ccccc2n1. The maximum absolute atomic E-state index is 9.16. The van der Waals surface area contributed by atoms with Gasteiger partial charge in [-0.25, -0.2) is 4.98 Å². The smallest absolute Gasteiger partial charge is 0.128 e. The summed E-state index contributed by atoms with van der Waals surface area (Å²) in [7, 11) is 0. The Hall–Kier alpha value is -2.08. The van der Waals surface area contributed by atoms with Gasteiger partial charge in [0.1, 0.15) is 5.82 Å². The van der Waals surface area contributed by atoms with E-state index in [4.69, 9.17) is 5.26 Å². The predicted octanol–water partition coefficient (Wildman–Crippen LogP) is 2.93. The second kappa shape index (κ2) is 3.74. The van der Waals surface area contributed by atoms with Crippen molar-refractivity contribution < 1.29 is 0 Å². The van der Waals surface area contributed by atoms with Crippen molar-refractivity contribution in [3.63, 3.8) is 0 Å². The number of pyridine rings is 1. The zero-order valence-electron chi connectivity index (χ0n) is 9.64. The average Bonchev–Trinajstić information content (AvgIpc) is 3.03. The highest BCUT2D eigenvalue weighted by Crippen LogP contribution is 2.32. The van der Waals surface area contributed by atoms with Crippen LogP contribution in [0.1, 0.15) is 18.9 Å². The van der Waals surface area contributed by atoms with Gasteiger partial charge >= 0.3 is 0 Å². The van der Waals surface area contributed by atoms with Crippen LogP contribution in [0.25, 0.3) is 10.9 Å². The first-order valence-corrected chi connectivity index (χ1v) is 5.84. The molecule has 2 aromatic rings. The Kier molecular flexibility index (Phi) is 2.22. The topological polar surface area (TPSA) is 48.7 Å². The summed E-state index contributed by atoms with van der Waals surface area (Å²) >= 11 is 0. The van der Waals surface area contributed by atoms with Crippen molar-refractivity contribution in [3.8, 4) is 6.07 Å². The van der Waals surface area contributed by atoms with Crippen molar-refractivity contribution in [2.24, 2.45) is 5.92 Å². The number of rotatable bonds is 2. The fourth-order valence-corrected chi connectivity index (χ4v) is 2.05. The van der Waals surface area contributed by atoms with Crippen molar-refractivity contribution in [2.45, 2.75) is 19.4 Å². The molecule has 3 heteroatoms. The number of benzene rings is 1. The third-order valence-electron chi connectivity index (χ3n) is 3.28. The molecule has 3 rings (SSSR count). The van der Waals surface area contributed by atoms with Crippen LogP contribution < -0.4 is 5.32 Å². The lowest BCUT2D eigenvalue weighted by Gasteiger charge is -2.07. The Morgan fingerprint density at radius 2 is 2.18 bits per heavy atom. The van der Waals surface area contributed by atoms with Crippen LogP contribution in [0.3, 0.4) is 0 Å². The van der Waals surface area contributed by atoms with Crippen LogP contribution in [-0.4, -0.2) is 11.0 Å². The molecule has 0 aliphatic heterocycles. The number of fused-ring (bicyclic) bond motifs is 1. The van der Waals surface area contributed by atoms with Crippen LogP contribution in [0.4, 0.5) is 5.82 Å². The van der Waals surface area contributed by atoms with E-state index in [2.05, 4.69) is 23.3 Å². The number of nitrogens with one attached hydrogen (secondary N) is 1. The van der Waals surface area contributed by atoms with E-state index in [0.29, 0.717) is 17.5 Å². The maximum atomic E-state index is 9.16. The highest BCUT2D eigenvalue weighted by molar-refractivity contribution is 5.86. The lowest BCUT2D eigenvalue weighted by molar-refractivity contribution is 0.925. The third kappa shape index (κ3) is 1.83. The average molecular weight is 223 g/mol. The number of nitrogens with zero attached hydrogens (tertiary/aromatic N) is 2. The first-order valence-electron chi connectivity index (χ1n) is 5.84. The van der Waals surface area contributed by atoms with Gasteiger partial charge in [0.25, 0.3) is 0 Å². The molecule has 1 saturated carbocycles. The summed E-state index contributed by atoms with van der Waals surface area (Å²) in [5, 5.41) is 13.4. The summed E-state index contributed by atoms with van der Waals surface area (Å²) in [5.74, 6) is 1.53. The van der Waals surface area contributed by atoms with E-state index < -0.39 is 0 Å². The minimum Gasteiger partial charge on any atom is -0.367 e. The molecular weight excluding hydrogens is 210 g/mol. The Labute approximate surface area is 100 Å². The van der Waals surface area contributed by atoms with E-state index in [-0.39, 0.29) is 0 Å². The van der Waals surface area contributed by atoms with Crippen molar-refractivity contribution in [1.82, 2.24) is 4.98 Å². The molecule has 84 valence electrons. The lowest BCUT2D eigenvalue weighted by Crippen LogP contribution is -2.05. The number of anilines is 1. The monoisotopic (exact) mass is 223 g/mol. The van der Waals surface area contributed by atoms with E-state index >= 15 is 0 Å². The number of hydrogen-bond donors (Lipinski definition) is 1. The normalized spacial score (nSPS) is 22.1. The van der Waals surface area contributed by atoms with Crippen molar-refractivity contribution in [3.05, 3.63) is 35.9 Å². The number of nitriles is 1. The number of para-hydroxylation sites is 1. The lowest BCUT2D eigenvalue weighted by atomic mass is 10.1. The molecular formula is C14H13N3. The summed E-state index contributed by atoms with van der Waals surface area (Å²) in [6, 6.07) is 12.4. The van der Waals surface area contributed by atoms with Gasteiger partial charge in [0.05, 0.1) is 17.1 Å². The Bertz CT molecular complexity index is 612. The molecule has 2 unspecified atom stereocenters. The molecule has 1 fully saturated rings. The molecule has 1 aromatic heterocycles. The zero-order valence-corrected chi connectivity index (χ0v) is 9.64. The molecule has 2 atom stereocenters. The van der Waals surface area contributed by atoms with Gasteiger partial charge in [-0.3, -0.25) is 0 Å². The summed E-state index contributed by atoms with van der Waals surface area (Å²) in [5.41, 5.74) is 1.56. The number of hydrogen-bond acceptors (Lipinski definition) is 3. The molecule has 1 aliphatic rings. The fraction of sp³-hybridized carbons (Fsp3) is 0.286. The van der Waals surface area contributed by atoms with Crippen molar-refractivity contribution >= 4 is 16.7 Å². The standard InChI is InChI=1S/C14H13N3/c1-9-6-13(9)17-14-7-10(8-15)11-4-2-3-5-12(11)16-14/h2-5,7,9,13H,6H2,1H3,(H,16,17). The molecule has 0 saturated heterocycles. The van der Waals surface area contributed by atoms with E-state index in [1.807, 2.05) is 30.3 Å². The minimum atomic E-state index is 0.523. The molecule has 1 heterocycles. The largest absolute Gasteiger partial charge is 0.367 e. The summed E-state index contributed by atoms with van der Waals surface area (Å²) in [4.78, 5) is 4.54. The van der Waals surface area contributed by atoms with Gasteiger partial charge in [-0.2, -0.15) is 5.26 Å². The molecule has 0 spiro atoms. The molecule has 0 radical (unpaired) electrons. The van der Waals surface area contributed by atoms with Gasteiger partial charge in [-0.1, -0.05) is 25.1 Å². The number of aromatic nitrogens is 1. The fourth-order valence-electron chi connectivity index (χ4n) is 2.05. The summed E-state index contributed by atoms with van der Waals surface area (Å²) in [6.45, 7) is 2.21. The van der Waals surface area contributed by atoms with Gasteiger partial charge in [-0.15, -0.1) is 0 Å². The van der Waals surface area contributed by atoms with E-state index in [0.717, 1.165) is 16.7 Å². The first-order chi connectivity index (χ1) is 8.28. The molecule has 1 aliphatic carbocycles. The molecule has 3 nitrogen and oxygen atoms in total. The van der Waals surface area contributed by atoms with Gasteiger partial charge in [-0.05, 0) is 24.5 Å². The highest BCUT2D eigenvalue weighted by Gasteiger charge is 2.32. The first kappa shape index (κ1) is 10.1. The van der Waals surface area contributed by atoms with Gasteiger partial charge in [0.2, 0.25) is 0 Å². The Balaban J connectivity index is 2.06. The van der Waals surface area contributed by atoms with Crippen LogP contribution in [0.15, 0.2) is 30.3 Å². The van der Waals surface area contributed by atoms with Crippen LogP contribution >= 0.6 is 0 Å². The minimum absolute atomic E-state index is 0.523. The molecule has 0 bridgehead atoms. The van der Waals surface area contributed by atoms with Crippen molar-refractivity contribution in [2.75, 3.05) is 5.32 Å². The third-order valence-corrected chi connectivity index (χ3v) is 3.28. The van der Waals surface area contributed by atoms with Gasteiger partial charge < -0.3 is 5.32 Å². The Morgan fingerprint density at radius 3 is 2.88 bits per heavy atom. The molecule has 1 aromatic carbocycles. The van der Waals surface area contributed by atoms with Crippen molar-refractivity contribution in [1.29, 1.82) is 5.26 Å². The van der Waals surface area contributed by atoms with Gasteiger partial charge in [0, 0.05) is 11.4 Å². The molecule has 17 heavy (non-hydrogen) atoms. The van der Waals surface area contributed by atoms with Crippen LogP contribution in [0.5, 0.6) is 0 Å². The van der Waals surface area contributed by atoms with Gasteiger partial charge in [0.15, 0.2) is 0 Å². The van der Waals surface area contributed by atoms with E-state index in [1.165, 1.54) is 6.42 Å². The zero-order chi connectivity index (χ0) is 11.8.